The highest BCUT2D eigenvalue weighted by atomic mass is 16.5. The summed E-state index contributed by atoms with van der Waals surface area (Å²) in [6.45, 7) is 5.00. The van der Waals surface area contributed by atoms with E-state index < -0.39 is 0 Å². The van der Waals surface area contributed by atoms with Crippen LogP contribution in [0.1, 0.15) is 37.0 Å². The summed E-state index contributed by atoms with van der Waals surface area (Å²) in [6.07, 6.45) is 2.00. The Kier molecular flexibility index (Phi) is 7.81. The summed E-state index contributed by atoms with van der Waals surface area (Å²) in [5, 5.41) is 5.17. The lowest BCUT2D eigenvalue weighted by Gasteiger charge is -2.12. The van der Waals surface area contributed by atoms with E-state index >= 15 is 0 Å². The first-order valence-corrected chi connectivity index (χ1v) is 7.48. The summed E-state index contributed by atoms with van der Waals surface area (Å²) in [6, 6.07) is 4.96. The number of likely N-dealkylation sites (N-methyl/N-ethyl adjacent to an activating group) is 1. The van der Waals surface area contributed by atoms with Gasteiger partial charge in [-0.25, -0.2) is 0 Å². The Hall–Kier alpha value is -2.24. The number of carbonyl (C=O) groups is 2. The van der Waals surface area contributed by atoms with Crippen molar-refractivity contribution in [3.05, 3.63) is 23.8 Å². The molecule has 0 aliphatic rings. The molecular weight excluding hydrogens is 284 g/mol. The quantitative estimate of drug-likeness (QED) is 0.681. The van der Waals surface area contributed by atoms with Crippen molar-refractivity contribution in [3.8, 4) is 11.5 Å². The molecule has 122 valence electrons. The molecule has 0 heterocycles. The number of carbonyl (C=O) groups excluding carboxylic acids is 2. The summed E-state index contributed by atoms with van der Waals surface area (Å²) >= 11 is 0. The Morgan fingerprint density at radius 3 is 2.55 bits per heavy atom. The third kappa shape index (κ3) is 5.63. The fraction of sp³-hybridized carbons (Fsp3) is 0.500. The summed E-state index contributed by atoms with van der Waals surface area (Å²) in [5.41, 5.74) is 0.420. The van der Waals surface area contributed by atoms with Gasteiger partial charge in [-0.3, -0.25) is 9.59 Å². The van der Waals surface area contributed by atoms with E-state index in [-0.39, 0.29) is 18.4 Å². The van der Waals surface area contributed by atoms with Gasteiger partial charge in [0.05, 0.1) is 20.3 Å². The highest BCUT2D eigenvalue weighted by Gasteiger charge is 2.12. The summed E-state index contributed by atoms with van der Waals surface area (Å²) in [4.78, 5) is 23.3. The van der Waals surface area contributed by atoms with Crippen LogP contribution >= 0.6 is 0 Å². The van der Waals surface area contributed by atoms with E-state index in [1.54, 1.807) is 18.2 Å². The molecule has 6 nitrogen and oxygen atoms in total. The molecule has 0 radical (unpaired) electrons. The lowest BCUT2D eigenvalue weighted by molar-refractivity contribution is -0.120. The lowest BCUT2D eigenvalue weighted by Crippen LogP contribution is -2.36. The van der Waals surface area contributed by atoms with Crippen molar-refractivity contribution >= 4 is 11.8 Å². The average Bonchev–Trinajstić information content (AvgIpc) is 2.53. The molecule has 2 amide bonds. The van der Waals surface area contributed by atoms with Crippen LogP contribution in [0.2, 0.25) is 0 Å². The van der Waals surface area contributed by atoms with Gasteiger partial charge in [0, 0.05) is 12.1 Å². The second-order valence-corrected chi connectivity index (χ2v) is 4.70. The van der Waals surface area contributed by atoms with Crippen LogP contribution in [0.15, 0.2) is 18.2 Å². The molecule has 0 aromatic heterocycles. The van der Waals surface area contributed by atoms with Gasteiger partial charge in [0.15, 0.2) is 11.5 Å². The largest absolute Gasteiger partial charge is 0.493 e. The predicted molar refractivity (Wildman–Crippen MR) is 84.4 cm³/mol. The molecule has 0 unspecified atom stereocenters. The van der Waals surface area contributed by atoms with Crippen molar-refractivity contribution in [2.45, 2.75) is 26.7 Å². The second-order valence-electron chi connectivity index (χ2n) is 4.70. The Morgan fingerprint density at radius 1 is 1.14 bits per heavy atom. The van der Waals surface area contributed by atoms with Crippen LogP contribution in [0, 0.1) is 0 Å². The molecule has 0 saturated heterocycles. The normalized spacial score (nSPS) is 9.95. The highest BCUT2D eigenvalue weighted by Crippen LogP contribution is 2.28. The van der Waals surface area contributed by atoms with Crippen molar-refractivity contribution in [1.29, 1.82) is 0 Å². The SMILES string of the molecule is CCCCOc1ccc(C(=O)NCC(=O)NCC)cc1OC. The average molecular weight is 308 g/mol. The number of amides is 2. The number of hydrogen-bond acceptors (Lipinski definition) is 4. The fourth-order valence-corrected chi connectivity index (χ4v) is 1.78. The van der Waals surface area contributed by atoms with Crippen molar-refractivity contribution in [3.63, 3.8) is 0 Å². The topological polar surface area (TPSA) is 76.7 Å². The first kappa shape index (κ1) is 17.8. The molecule has 0 spiro atoms. The van der Waals surface area contributed by atoms with Gasteiger partial charge < -0.3 is 20.1 Å². The van der Waals surface area contributed by atoms with Gasteiger partial charge in [-0.1, -0.05) is 13.3 Å². The van der Waals surface area contributed by atoms with Crippen molar-refractivity contribution in [2.75, 3.05) is 26.8 Å². The maximum atomic E-state index is 12.0. The van der Waals surface area contributed by atoms with E-state index in [2.05, 4.69) is 17.6 Å². The second kappa shape index (κ2) is 9.65. The van der Waals surface area contributed by atoms with Crippen molar-refractivity contribution < 1.29 is 19.1 Å². The molecular formula is C16H24N2O4. The van der Waals surface area contributed by atoms with Crippen LogP contribution in [0.25, 0.3) is 0 Å². The molecule has 0 atom stereocenters. The molecule has 0 saturated carbocycles. The monoisotopic (exact) mass is 308 g/mol. The van der Waals surface area contributed by atoms with Gasteiger partial charge in [0.1, 0.15) is 0 Å². The number of nitrogens with one attached hydrogen (secondary N) is 2. The molecule has 0 aliphatic heterocycles. The first-order valence-electron chi connectivity index (χ1n) is 7.48. The van der Waals surface area contributed by atoms with E-state index in [0.717, 1.165) is 12.8 Å². The summed E-state index contributed by atoms with van der Waals surface area (Å²) in [7, 11) is 1.53. The zero-order valence-corrected chi connectivity index (χ0v) is 13.4. The smallest absolute Gasteiger partial charge is 0.251 e. The van der Waals surface area contributed by atoms with Crippen LogP contribution in [0.5, 0.6) is 11.5 Å². The van der Waals surface area contributed by atoms with Gasteiger partial charge in [-0.2, -0.15) is 0 Å². The van der Waals surface area contributed by atoms with Crippen LogP contribution in [-0.4, -0.2) is 38.6 Å². The van der Waals surface area contributed by atoms with E-state index in [4.69, 9.17) is 9.47 Å². The number of methoxy groups -OCH3 is 1. The third-order valence-corrected chi connectivity index (χ3v) is 2.96. The highest BCUT2D eigenvalue weighted by molar-refractivity contribution is 5.97. The molecule has 1 aromatic carbocycles. The zero-order chi connectivity index (χ0) is 16.4. The Bertz CT molecular complexity index is 503. The predicted octanol–water partition coefficient (Wildman–Crippen LogP) is 1.74. The third-order valence-electron chi connectivity index (χ3n) is 2.96. The maximum Gasteiger partial charge on any atom is 0.251 e. The summed E-state index contributed by atoms with van der Waals surface area (Å²) < 4.78 is 10.9. The minimum absolute atomic E-state index is 0.0518. The lowest BCUT2D eigenvalue weighted by atomic mass is 10.2. The molecule has 2 N–H and O–H groups in total. The van der Waals surface area contributed by atoms with Crippen molar-refractivity contribution in [1.82, 2.24) is 10.6 Å². The standard InChI is InChI=1S/C16H24N2O4/c1-4-6-9-22-13-8-7-12(10-14(13)21-3)16(20)18-11-15(19)17-5-2/h7-8,10H,4-6,9,11H2,1-3H3,(H,17,19)(H,18,20). The van der Waals surface area contributed by atoms with Crippen molar-refractivity contribution in [2.24, 2.45) is 0 Å². The van der Waals surface area contributed by atoms with Crippen LogP contribution in [-0.2, 0) is 4.79 Å². The molecule has 22 heavy (non-hydrogen) atoms. The molecule has 6 heteroatoms. The molecule has 1 aromatic rings. The van der Waals surface area contributed by atoms with Gasteiger partial charge in [0.2, 0.25) is 5.91 Å². The number of benzene rings is 1. The number of ether oxygens (including phenoxy) is 2. The van der Waals surface area contributed by atoms with Gasteiger partial charge in [-0.15, -0.1) is 0 Å². The zero-order valence-electron chi connectivity index (χ0n) is 13.4. The Balaban J connectivity index is 2.67. The van der Waals surface area contributed by atoms with Gasteiger partial charge >= 0.3 is 0 Å². The maximum absolute atomic E-state index is 12.0. The van der Waals surface area contributed by atoms with E-state index in [1.165, 1.54) is 7.11 Å². The summed E-state index contributed by atoms with van der Waals surface area (Å²) in [5.74, 6) is 0.560. The van der Waals surface area contributed by atoms with Crippen LogP contribution in [0.4, 0.5) is 0 Å². The Labute approximate surface area is 131 Å². The molecule has 0 bridgehead atoms. The Morgan fingerprint density at radius 2 is 1.91 bits per heavy atom. The van der Waals surface area contributed by atoms with E-state index in [1.807, 2.05) is 6.92 Å². The fourth-order valence-electron chi connectivity index (χ4n) is 1.78. The number of unbranched alkanes of at least 4 members (excludes halogenated alkanes) is 1. The number of rotatable bonds is 9. The number of hydrogen-bond donors (Lipinski definition) is 2. The minimum atomic E-state index is -0.329. The first-order chi connectivity index (χ1) is 10.6. The molecule has 0 aliphatic carbocycles. The molecule has 1 rings (SSSR count). The van der Waals surface area contributed by atoms with E-state index in [0.29, 0.717) is 30.2 Å². The van der Waals surface area contributed by atoms with E-state index in [9.17, 15) is 9.59 Å². The minimum Gasteiger partial charge on any atom is -0.493 e. The van der Waals surface area contributed by atoms with Crippen LogP contribution < -0.4 is 20.1 Å². The van der Waals surface area contributed by atoms with Crippen LogP contribution in [0.3, 0.4) is 0 Å². The van der Waals surface area contributed by atoms with Gasteiger partial charge in [0.25, 0.3) is 5.91 Å². The molecule has 0 fully saturated rings. The van der Waals surface area contributed by atoms with Gasteiger partial charge in [-0.05, 0) is 31.5 Å².